The van der Waals surface area contributed by atoms with Crippen LogP contribution in [-0.2, 0) is 0 Å². The molecule has 2 rings (SSSR count). The Morgan fingerprint density at radius 1 is 1.33 bits per heavy atom. The molecule has 4 nitrogen and oxygen atoms in total. The molecule has 1 aromatic heterocycles. The van der Waals surface area contributed by atoms with E-state index < -0.39 is 0 Å². The van der Waals surface area contributed by atoms with Gasteiger partial charge in [0.05, 0.1) is 5.56 Å². The van der Waals surface area contributed by atoms with Crippen LogP contribution in [-0.4, -0.2) is 30.0 Å². The van der Waals surface area contributed by atoms with Gasteiger partial charge in [-0.2, -0.15) is 0 Å². The molecule has 1 amide bonds. The standard InChI is InChI=1S/C12H17N3O.2ClH/c1-9-6-10(8-14-7-9)12(16)15-11-2-4-13-5-3-11;;/h6-8,11,13H,2-5H2,1H3,(H,15,16);2*1H. The molecule has 2 heterocycles. The first-order valence-electron chi connectivity index (χ1n) is 5.69. The van der Waals surface area contributed by atoms with Crippen LogP contribution < -0.4 is 10.6 Å². The van der Waals surface area contributed by atoms with Crippen LogP contribution in [0.4, 0.5) is 0 Å². The Hall–Kier alpha value is -0.840. The number of nitrogens with zero attached hydrogens (tertiary/aromatic N) is 1. The van der Waals surface area contributed by atoms with Crippen molar-refractivity contribution >= 4 is 30.7 Å². The van der Waals surface area contributed by atoms with Crippen LogP contribution in [0.3, 0.4) is 0 Å². The van der Waals surface area contributed by atoms with Gasteiger partial charge in [-0.05, 0) is 44.5 Å². The van der Waals surface area contributed by atoms with Crippen molar-refractivity contribution < 1.29 is 4.79 Å². The smallest absolute Gasteiger partial charge is 0.253 e. The number of carbonyl (C=O) groups is 1. The van der Waals surface area contributed by atoms with Crippen molar-refractivity contribution in [3.63, 3.8) is 0 Å². The van der Waals surface area contributed by atoms with Gasteiger partial charge >= 0.3 is 0 Å². The molecule has 2 N–H and O–H groups in total. The van der Waals surface area contributed by atoms with Crippen LogP contribution in [0.2, 0.25) is 0 Å². The van der Waals surface area contributed by atoms with Gasteiger partial charge in [0.2, 0.25) is 0 Å². The van der Waals surface area contributed by atoms with Gasteiger partial charge in [-0.25, -0.2) is 0 Å². The molecule has 102 valence electrons. The lowest BCUT2D eigenvalue weighted by Crippen LogP contribution is -2.42. The zero-order valence-electron chi connectivity index (χ0n) is 10.3. The Kier molecular flexibility index (Phi) is 7.91. The number of carbonyl (C=O) groups excluding carboxylic acids is 1. The maximum absolute atomic E-state index is 11.9. The third-order valence-electron chi connectivity index (χ3n) is 2.81. The van der Waals surface area contributed by atoms with Gasteiger partial charge < -0.3 is 10.6 Å². The summed E-state index contributed by atoms with van der Waals surface area (Å²) in [6.45, 7) is 3.91. The molecule has 1 aliphatic rings. The molecule has 0 aromatic carbocycles. The highest BCUT2D eigenvalue weighted by Gasteiger charge is 2.16. The molecule has 1 saturated heterocycles. The van der Waals surface area contributed by atoms with Crippen molar-refractivity contribution in [2.24, 2.45) is 0 Å². The Balaban J connectivity index is 0.00000144. The van der Waals surface area contributed by atoms with Gasteiger partial charge in [-0.15, -0.1) is 24.8 Å². The fourth-order valence-corrected chi connectivity index (χ4v) is 1.91. The molecule has 1 aromatic rings. The van der Waals surface area contributed by atoms with Gasteiger partial charge in [-0.1, -0.05) is 0 Å². The van der Waals surface area contributed by atoms with Crippen molar-refractivity contribution in [2.45, 2.75) is 25.8 Å². The fraction of sp³-hybridized carbons (Fsp3) is 0.500. The van der Waals surface area contributed by atoms with Gasteiger partial charge in [0.15, 0.2) is 0 Å². The normalized spacial score (nSPS) is 15.2. The third-order valence-corrected chi connectivity index (χ3v) is 2.81. The molecule has 1 fully saturated rings. The van der Waals surface area contributed by atoms with Gasteiger partial charge in [0, 0.05) is 18.4 Å². The number of halogens is 2. The number of hydrogen-bond acceptors (Lipinski definition) is 3. The maximum Gasteiger partial charge on any atom is 0.253 e. The van der Waals surface area contributed by atoms with Crippen LogP contribution in [0.15, 0.2) is 18.5 Å². The van der Waals surface area contributed by atoms with E-state index in [1.807, 2.05) is 13.0 Å². The second kappa shape index (κ2) is 8.29. The molecule has 0 bridgehead atoms. The molecular formula is C12H19Cl2N3O. The minimum Gasteiger partial charge on any atom is -0.349 e. The van der Waals surface area contributed by atoms with Crippen molar-refractivity contribution in [1.82, 2.24) is 15.6 Å². The lowest BCUT2D eigenvalue weighted by atomic mass is 10.1. The second-order valence-electron chi connectivity index (χ2n) is 4.25. The van der Waals surface area contributed by atoms with Crippen LogP contribution >= 0.6 is 24.8 Å². The number of hydrogen-bond donors (Lipinski definition) is 2. The number of aromatic nitrogens is 1. The lowest BCUT2D eigenvalue weighted by Gasteiger charge is -2.23. The van der Waals surface area contributed by atoms with E-state index in [4.69, 9.17) is 0 Å². The number of amides is 1. The van der Waals surface area contributed by atoms with Crippen LogP contribution in [0.1, 0.15) is 28.8 Å². The van der Waals surface area contributed by atoms with E-state index in [0.717, 1.165) is 31.5 Å². The summed E-state index contributed by atoms with van der Waals surface area (Å²) in [5, 5.41) is 6.32. The quantitative estimate of drug-likeness (QED) is 0.872. The van der Waals surface area contributed by atoms with Crippen LogP contribution in [0.25, 0.3) is 0 Å². The van der Waals surface area contributed by atoms with E-state index in [2.05, 4.69) is 15.6 Å². The summed E-state index contributed by atoms with van der Waals surface area (Å²) < 4.78 is 0. The van der Waals surface area contributed by atoms with E-state index in [0.29, 0.717) is 11.6 Å². The molecule has 0 radical (unpaired) electrons. The minimum atomic E-state index is -0.0110. The molecule has 0 saturated carbocycles. The average Bonchev–Trinajstić information content (AvgIpc) is 2.30. The number of pyridine rings is 1. The van der Waals surface area contributed by atoms with Crippen LogP contribution in [0.5, 0.6) is 0 Å². The molecule has 0 unspecified atom stereocenters. The highest BCUT2D eigenvalue weighted by Crippen LogP contribution is 2.05. The summed E-state index contributed by atoms with van der Waals surface area (Å²) in [6.07, 6.45) is 5.38. The highest BCUT2D eigenvalue weighted by atomic mass is 35.5. The van der Waals surface area contributed by atoms with E-state index in [1.165, 1.54) is 0 Å². The summed E-state index contributed by atoms with van der Waals surface area (Å²) >= 11 is 0. The minimum absolute atomic E-state index is 0. The molecule has 18 heavy (non-hydrogen) atoms. The topological polar surface area (TPSA) is 54.0 Å². The van der Waals surface area contributed by atoms with Gasteiger partial charge in [0.1, 0.15) is 0 Å². The van der Waals surface area contributed by atoms with Crippen molar-refractivity contribution in [2.75, 3.05) is 13.1 Å². The molecule has 6 heteroatoms. The summed E-state index contributed by atoms with van der Waals surface area (Å²) in [7, 11) is 0. The van der Waals surface area contributed by atoms with Gasteiger partial charge in [0.25, 0.3) is 5.91 Å². The fourth-order valence-electron chi connectivity index (χ4n) is 1.91. The number of aryl methyl sites for hydroxylation is 1. The van der Waals surface area contributed by atoms with Crippen LogP contribution in [0, 0.1) is 6.92 Å². The second-order valence-corrected chi connectivity index (χ2v) is 4.25. The number of rotatable bonds is 2. The molecular weight excluding hydrogens is 273 g/mol. The van der Waals surface area contributed by atoms with Crippen molar-refractivity contribution in [3.05, 3.63) is 29.6 Å². The predicted octanol–water partition coefficient (Wildman–Crippen LogP) is 1.72. The molecule has 1 aliphatic heterocycles. The lowest BCUT2D eigenvalue weighted by molar-refractivity contribution is 0.0929. The van der Waals surface area contributed by atoms with Crippen molar-refractivity contribution in [1.29, 1.82) is 0 Å². The monoisotopic (exact) mass is 291 g/mol. The zero-order valence-corrected chi connectivity index (χ0v) is 11.9. The summed E-state index contributed by atoms with van der Waals surface area (Å²) in [4.78, 5) is 15.9. The Morgan fingerprint density at radius 3 is 2.61 bits per heavy atom. The maximum atomic E-state index is 11.9. The third kappa shape index (κ3) is 4.80. The van der Waals surface area contributed by atoms with Gasteiger partial charge in [-0.3, -0.25) is 9.78 Å². The first kappa shape index (κ1) is 17.2. The average molecular weight is 292 g/mol. The summed E-state index contributed by atoms with van der Waals surface area (Å²) in [6, 6.07) is 2.16. The van der Waals surface area contributed by atoms with E-state index in [-0.39, 0.29) is 30.7 Å². The molecule has 0 spiro atoms. The molecule has 0 aliphatic carbocycles. The number of nitrogens with one attached hydrogen (secondary N) is 2. The van der Waals surface area contributed by atoms with E-state index in [9.17, 15) is 4.79 Å². The highest BCUT2D eigenvalue weighted by molar-refractivity contribution is 5.94. The summed E-state index contributed by atoms with van der Waals surface area (Å²) in [5.41, 5.74) is 1.66. The number of piperidine rings is 1. The predicted molar refractivity (Wildman–Crippen MR) is 76.8 cm³/mol. The summed E-state index contributed by atoms with van der Waals surface area (Å²) in [5.74, 6) is -0.0110. The Labute approximate surface area is 120 Å². The first-order valence-corrected chi connectivity index (χ1v) is 5.69. The largest absolute Gasteiger partial charge is 0.349 e. The first-order chi connectivity index (χ1) is 7.75. The Morgan fingerprint density at radius 2 is 2.00 bits per heavy atom. The Bertz CT molecular complexity index is 381. The van der Waals surface area contributed by atoms with E-state index in [1.54, 1.807) is 12.4 Å². The zero-order chi connectivity index (χ0) is 11.4. The van der Waals surface area contributed by atoms with E-state index >= 15 is 0 Å². The molecule has 0 atom stereocenters. The SMILES string of the molecule is Cc1cncc(C(=O)NC2CCNCC2)c1.Cl.Cl. The van der Waals surface area contributed by atoms with Crippen molar-refractivity contribution in [3.8, 4) is 0 Å².